The maximum atomic E-state index is 11.8. The average Bonchev–Trinajstić information content (AvgIpc) is 2.27. The molecule has 1 heterocycles. The van der Waals surface area contributed by atoms with Crippen molar-refractivity contribution in [3.63, 3.8) is 0 Å². The summed E-state index contributed by atoms with van der Waals surface area (Å²) in [6.45, 7) is 3.83. The van der Waals surface area contributed by atoms with Gasteiger partial charge in [-0.25, -0.2) is 0 Å². The van der Waals surface area contributed by atoms with Crippen molar-refractivity contribution in [2.75, 3.05) is 7.05 Å². The Morgan fingerprint density at radius 2 is 2.00 bits per heavy atom. The van der Waals surface area contributed by atoms with Crippen LogP contribution in [0.25, 0.3) is 0 Å². The smallest absolute Gasteiger partial charge is 0.224 e. The van der Waals surface area contributed by atoms with Crippen molar-refractivity contribution in [3.8, 4) is 0 Å². The number of carbonyl (C=O) groups is 1. The lowest BCUT2D eigenvalue weighted by atomic mass is 10.1. The monoisotopic (exact) mass is 221 g/mol. The average molecular weight is 221 g/mol. The summed E-state index contributed by atoms with van der Waals surface area (Å²) in [5, 5.41) is 0. The fourth-order valence-electron chi connectivity index (χ4n) is 1.50. The minimum atomic E-state index is -0.0976. The van der Waals surface area contributed by atoms with Gasteiger partial charge in [-0.3, -0.25) is 9.78 Å². The van der Waals surface area contributed by atoms with E-state index in [0.29, 0.717) is 6.42 Å². The number of nitrogens with two attached hydrogens (primary N) is 1. The molecule has 88 valence electrons. The molecule has 16 heavy (non-hydrogen) atoms. The molecule has 0 bridgehead atoms. The van der Waals surface area contributed by atoms with Crippen LogP contribution in [0.3, 0.4) is 0 Å². The number of amides is 1. The maximum absolute atomic E-state index is 11.8. The van der Waals surface area contributed by atoms with Crippen LogP contribution in [0.15, 0.2) is 24.5 Å². The molecule has 0 saturated heterocycles. The van der Waals surface area contributed by atoms with E-state index in [-0.39, 0.29) is 18.0 Å². The van der Waals surface area contributed by atoms with Crippen LogP contribution in [0.2, 0.25) is 0 Å². The molecule has 0 spiro atoms. The van der Waals surface area contributed by atoms with E-state index in [4.69, 9.17) is 5.73 Å². The van der Waals surface area contributed by atoms with Crippen molar-refractivity contribution in [2.45, 2.75) is 32.4 Å². The second kappa shape index (κ2) is 5.61. The zero-order valence-electron chi connectivity index (χ0n) is 10.1. The molecule has 1 amide bonds. The molecule has 2 unspecified atom stereocenters. The zero-order valence-corrected chi connectivity index (χ0v) is 10.1. The largest absolute Gasteiger partial charge is 0.339 e. The van der Waals surface area contributed by atoms with Crippen LogP contribution < -0.4 is 5.73 Å². The van der Waals surface area contributed by atoms with Crippen LogP contribution in [0, 0.1) is 0 Å². The summed E-state index contributed by atoms with van der Waals surface area (Å²) in [6, 6.07) is 3.79. The Hall–Kier alpha value is -1.42. The molecule has 0 radical (unpaired) electrons. The lowest BCUT2D eigenvalue weighted by Gasteiger charge is -2.26. The second-order valence-electron chi connectivity index (χ2n) is 4.14. The van der Waals surface area contributed by atoms with Gasteiger partial charge in [0.05, 0.1) is 6.04 Å². The molecule has 0 aliphatic carbocycles. The van der Waals surface area contributed by atoms with E-state index in [1.165, 1.54) is 0 Å². The molecule has 0 aliphatic heterocycles. The Kier molecular flexibility index (Phi) is 4.43. The topological polar surface area (TPSA) is 59.2 Å². The highest BCUT2D eigenvalue weighted by Crippen LogP contribution is 2.18. The van der Waals surface area contributed by atoms with Crippen LogP contribution >= 0.6 is 0 Å². The minimum absolute atomic E-state index is 0.0502. The molecule has 1 rings (SSSR count). The first-order chi connectivity index (χ1) is 7.52. The molecule has 4 nitrogen and oxygen atoms in total. The summed E-state index contributed by atoms with van der Waals surface area (Å²) >= 11 is 0. The fourth-order valence-corrected chi connectivity index (χ4v) is 1.50. The highest BCUT2D eigenvalue weighted by molar-refractivity contribution is 5.76. The van der Waals surface area contributed by atoms with Crippen molar-refractivity contribution in [3.05, 3.63) is 30.1 Å². The number of hydrogen-bond acceptors (Lipinski definition) is 3. The third-order valence-corrected chi connectivity index (χ3v) is 2.66. The summed E-state index contributed by atoms with van der Waals surface area (Å²) in [7, 11) is 1.80. The van der Waals surface area contributed by atoms with Crippen LogP contribution in [0.1, 0.15) is 31.9 Å². The minimum Gasteiger partial charge on any atom is -0.339 e. The first kappa shape index (κ1) is 12.6. The molecular formula is C12H19N3O. The van der Waals surface area contributed by atoms with E-state index in [0.717, 1.165) is 5.56 Å². The fraction of sp³-hybridized carbons (Fsp3) is 0.500. The van der Waals surface area contributed by atoms with E-state index in [1.54, 1.807) is 24.3 Å². The molecule has 2 atom stereocenters. The molecule has 0 aromatic carbocycles. The summed E-state index contributed by atoms with van der Waals surface area (Å²) in [4.78, 5) is 17.5. The van der Waals surface area contributed by atoms with Gasteiger partial charge in [0, 0.05) is 31.9 Å². The summed E-state index contributed by atoms with van der Waals surface area (Å²) in [5.74, 6) is 0.0688. The third-order valence-electron chi connectivity index (χ3n) is 2.66. The normalized spacial score (nSPS) is 14.2. The van der Waals surface area contributed by atoms with Crippen molar-refractivity contribution >= 4 is 5.91 Å². The van der Waals surface area contributed by atoms with Gasteiger partial charge >= 0.3 is 0 Å². The Bertz CT molecular complexity index is 337. The molecule has 1 aromatic heterocycles. The Morgan fingerprint density at radius 3 is 2.50 bits per heavy atom. The van der Waals surface area contributed by atoms with Gasteiger partial charge in [0.25, 0.3) is 0 Å². The van der Waals surface area contributed by atoms with E-state index >= 15 is 0 Å². The van der Waals surface area contributed by atoms with Crippen molar-refractivity contribution in [1.82, 2.24) is 9.88 Å². The molecule has 4 heteroatoms. The zero-order chi connectivity index (χ0) is 12.1. The van der Waals surface area contributed by atoms with Crippen molar-refractivity contribution in [1.29, 1.82) is 0 Å². The van der Waals surface area contributed by atoms with Crippen LogP contribution in [0.5, 0.6) is 0 Å². The van der Waals surface area contributed by atoms with Crippen LogP contribution in [-0.2, 0) is 4.79 Å². The number of carbonyl (C=O) groups excluding carboxylic acids is 1. The number of pyridine rings is 1. The first-order valence-electron chi connectivity index (χ1n) is 5.43. The molecule has 1 aromatic rings. The van der Waals surface area contributed by atoms with Gasteiger partial charge < -0.3 is 10.6 Å². The van der Waals surface area contributed by atoms with E-state index < -0.39 is 0 Å². The molecule has 0 fully saturated rings. The highest BCUT2D eigenvalue weighted by atomic mass is 16.2. The van der Waals surface area contributed by atoms with Gasteiger partial charge in [-0.05, 0) is 31.5 Å². The van der Waals surface area contributed by atoms with Crippen molar-refractivity contribution < 1.29 is 4.79 Å². The SMILES string of the molecule is CC(N)CC(=O)N(C)C(C)c1ccncc1. The number of aromatic nitrogens is 1. The number of rotatable bonds is 4. The molecular weight excluding hydrogens is 202 g/mol. The second-order valence-corrected chi connectivity index (χ2v) is 4.14. The van der Waals surface area contributed by atoms with Crippen LogP contribution in [-0.4, -0.2) is 28.9 Å². The molecule has 0 aliphatic rings. The standard InChI is InChI=1S/C12H19N3O/c1-9(13)8-12(16)15(3)10(2)11-4-6-14-7-5-11/h4-7,9-10H,8,13H2,1-3H3. The Labute approximate surface area is 96.5 Å². The van der Waals surface area contributed by atoms with Gasteiger partial charge in [-0.15, -0.1) is 0 Å². The quantitative estimate of drug-likeness (QED) is 0.834. The molecule has 2 N–H and O–H groups in total. The van der Waals surface area contributed by atoms with Gasteiger partial charge in [0.2, 0.25) is 5.91 Å². The van der Waals surface area contributed by atoms with Crippen LogP contribution in [0.4, 0.5) is 0 Å². The third kappa shape index (κ3) is 3.31. The Balaban J connectivity index is 2.67. The van der Waals surface area contributed by atoms with Crippen molar-refractivity contribution in [2.24, 2.45) is 5.73 Å². The van der Waals surface area contributed by atoms with Gasteiger partial charge in [0.1, 0.15) is 0 Å². The van der Waals surface area contributed by atoms with E-state index in [9.17, 15) is 4.79 Å². The predicted octanol–water partition coefficient (Wildman–Crippen LogP) is 1.34. The van der Waals surface area contributed by atoms with E-state index in [1.807, 2.05) is 26.0 Å². The molecule has 0 saturated carbocycles. The van der Waals surface area contributed by atoms with E-state index in [2.05, 4.69) is 4.98 Å². The maximum Gasteiger partial charge on any atom is 0.224 e. The van der Waals surface area contributed by atoms with Gasteiger partial charge in [-0.2, -0.15) is 0 Å². The highest BCUT2D eigenvalue weighted by Gasteiger charge is 2.17. The lowest BCUT2D eigenvalue weighted by Crippen LogP contribution is -2.33. The summed E-state index contributed by atoms with van der Waals surface area (Å²) < 4.78 is 0. The summed E-state index contributed by atoms with van der Waals surface area (Å²) in [6.07, 6.45) is 3.84. The predicted molar refractivity (Wildman–Crippen MR) is 63.7 cm³/mol. The number of hydrogen-bond donors (Lipinski definition) is 1. The van der Waals surface area contributed by atoms with Gasteiger partial charge in [-0.1, -0.05) is 0 Å². The van der Waals surface area contributed by atoms with Gasteiger partial charge in [0.15, 0.2) is 0 Å². The number of nitrogens with zero attached hydrogens (tertiary/aromatic N) is 2. The first-order valence-corrected chi connectivity index (χ1v) is 5.43. The Morgan fingerprint density at radius 1 is 1.44 bits per heavy atom. The summed E-state index contributed by atoms with van der Waals surface area (Å²) in [5.41, 5.74) is 6.69. The lowest BCUT2D eigenvalue weighted by molar-refractivity contribution is -0.132.